The summed E-state index contributed by atoms with van der Waals surface area (Å²) in [6, 6.07) is 17.0. The Kier molecular flexibility index (Phi) is 7.04. The summed E-state index contributed by atoms with van der Waals surface area (Å²) in [5, 5.41) is 0. The molecule has 1 heterocycles. The zero-order chi connectivity index (χ0) is 23.4. The molecule has 0 amide bonds. The van der Waals surface area contributed by atoms with Gasteiger partial charge in [0.2, 0.25) is 0 Å². The fourth-order valence-corrected chi connectivity index (χ4v) is 5.21. The van der Waals surface area contributed by atoms with Crippen molar-refractivity contribution in [3.8, 4) is 0 Å². The van der Waals surface area contributed by atoms with Gasteiger partial charge in [0.1, 0.15) is 6.04 Å². The molecule has 1 saturated carbocycles. The molecule has 33 heavy (non-hydrogen) atoms. The first kappa shape index (κ1) is 22.9. The average Bonchev–Trinajstić information content (AvgIpc) is 3.25. The maximum absolute atomic E-state index is 13.9. The van der Waals surface area contributed by atoms with Gasteiger partial charge in [0.15, 0.2) is 5.78 Å². The predicted molar refractivity (Wildman–Crippen MR) is 124 cm³/mol. The van der Waals surface area contributed by atoms with Crippen LogP contribution in [-0.2, 0) is 19.1 Å². The van der Waals surface area contributed by atoms with E-state index in [1.165, 1.54) is 14.2 Å². The molecule has 1 aliphatic heterocycles. The van der Waals surface area contributed by atoms with E-state index < -0.39 is 24.0 Å². The minimum atomic E-state index is -0.928. The summed E-state index contributed by atoms with van der Waals surface area (Å²) in [5.41, 5.74) is 1.60. The lowest BCUT2D eigenvalue weighted by molar-refractivity contribution is -0.139. The molecular formula is C27H29NO5. The van der Waals surface area contributed by atoms with Crippen LogP contribution in [0.2, 0.25) is 0 Å². The monoisotopic (exact) mass is 447 g/mol. The largest absolute Gasteiger partial charge is 0.466 e. The maximum atomic E-state index is 13.9. The molecule has 6 nitrogen and oxygen atoms in total. The van der Waals surface area contributed by atoms with Crippen molar-refractivity contribution in [2.75, 3.05) is 14.2 Å². The van der Waals surface area contributed by atoms with Gasteiger partial charge in [0.05, 0.1) is 31.4 Å². The molecule has 0 saturated heterocycles. The van der Waals surface area contributed by atoms with Crippen molar-refractivity contribution in [1.82, 2.24) is 4.90 Å². The summed E-state index contributed by atoms with van der Waals surface area (Å²) < 4.78 is 10.2. The molecule has 1 aliphatic carbocycles. The van der Waals surface area contributed by atoms with Gasteiger partial charge in [-0.15, -0.1) is 0 Å². The van der Waals surface area contributed by atoms with Gasteiger partial charge < -0.3 is 9.47 Å². The van der Waals surface area contributed by atoms with Gasteiger partial charge >= 0.3 is 11.9 Å². The standard InChI is InChI=1S/C27H29NO5/c1-32-26(30)21-22(27(31)33-2)24(25(29)19-14-8-4-9-15-19)28(20-16-10-5-11-17-20)23(21)18-12-6-3-7-13-18/h3-4,6-9,12-15,20,23-24H,5,10-11,16-17H2,1-2H3/t23-,24-/m0/s1. The maximum Gasteiger partial charge on any atom is 0.336 e. The van der Waals surface area contributed by atoms with Crippen molar-refractivity contribution >= 4 is 17.7 Å². The van der Waals surface area contributed by atoms with E-state index in [0.717, 1.165) is 37.7 Å². The van der Waals surface area contributed by atoms with E-state index in [9.17, 15) is 14.4 Å². The quantitative estimate of drug-likeness (QED) is 0.486. The van der Waals surface area contributed by atoms with Crippen molar-refractivity contribution in [3.63, 3.8) is 0 Å². The third-order valence-electron chi connectivity index (χ3n) is 6.66. The first-order valence-electron chi connectivity index (χ1n) is 11.4. The molecule has 0 spiro atoms. The van der Waals surface area contributed by atoms with E-state index in [2.05, 4.69) is 4.90 Å². The number of rotatable bonds is 6. The molecular weight excluding hydrogens is 418 g/mol. The van der Waals surface area contributed by atoms with E-state index in [4.69, 9.17) is 9.47 Å². The minimum absolute atomic E-state index is 0.0448. The second-order valence-corrected chi connectivity index (χ2v) is 8.50. The Balaban J connectivity index is 1.96. The van der Waals surface area contributed by atoms with Crippen LogP contribution in [0.5, 0.6) is 0 Å². The Hall–Kier alpha value is -3.25. The lowest BCUT2D eigenvalue weighted by atomic mass is 9.90. The Morgan fingerprint density at radius 2 is 1.30 bits per heavy atom. The van der Waals surface area contributed by atoms with E-state index in [1.807, 2.05) is 36.4 Å². The van der Waals surface area contributed by atoms with Crippen molar-refractivity contribution < 1.29 is 23.9 Å². The van der Waals surface area contributed by atoms with Crippen molar-refractivity contribution in [2.45, 2.75) is 50.2 Å². The summed E-state index contributed by atoms with van der Waals surface area (Å²) in [6.45, 7) is 0. The Morgan fingerprint density at radius 3 is 1.88 bits per heavy atom. The third-order valence-corrected chi connectivity index (χ3v) is 6.66. The molecule has 0 unspecified atom stereocenters. The van der Waals surface area contributed by atoms with Gasteiger partial charge in [-0.3, -0.25) is 9.69 Å². The third kappa shape index (κ3) is 4.35. The molecule has 4 rings (SSSR count). The molecule has 2 aromatic rings. The van der Waals surface area contributed by atoms with Gasteiger partial charge in [0, 0.05) is 11.6 Å². The highest BCUT2D eigenvalue weighted by Crippen LogP contribution is 2.46. The van der Waals surface area contributed by atoms with Gasteiger partial charge in [-0.1, -0.05) is 79.9 Å². The topological polar surface area (TPSA) is 72.9 Å². The first-order valence-corrected chi connectivity index (χ1v) is 11.4. The number of nitrogens with zero attached hydrogens (tertiary/aromatic N) is 1. The van der Waals surface area contributed by atoms with Crippen LogP contribution in [0.1, 0.15) is 54.1 Å². The fourth-order valence-electron chi connectivity index (χ4n) is 5.21. The van der Waals surface area contributed by atoms with Crippen LogP contribution >= 0.6 is 0 Å². The number of benzene rings is 2. The lowest BCUT2D eigenvalue weighted by Crippen LogP contribution is -2.48. The number of carbonyl (C=O) groups excluding carboxylic acids is 3. The Morgan fingerprint density at radius 1 is 0.758 bits per heavy atom. The second-order valence-electron chi connectivity index (χ2n) is 8.50. The molecule has 1 fully saturated rings. The van der Waals surface area contributed by atoms with E-state index in [-0.39, 0.29) is 23.0 Å². The first-order chi connectivity index (χ1) is 16.1. The van der Waals surface area contributed by atoms with Crippen LogP contribution in [0, 0.1) is 0 Å². The molecule has 0 N–H and O–H groups in total. The summed E-state index contributed by atoms with van der Waals surface area (Å²) in [6.07, 6.45) is 5.00. The number of methoxy groups -OCH3 is 2. The average molecular weight is 448 g/mol. The van der Waals surface area contributed by atoms with Gasteiger partial charge in [-0.05, 0) is 18.4 Å². The minimum Gasteiger partial charge on any atom is -0.466 e. The van der Waals surface area contributed by atoms with Crippen molar-refractivity contribution in [2.24, 2.45) is 0 Å². The zero-order valence-corrected chi connectivity index (χ0v) is 19.0. The second kappa shape index (κ2) is 10.1. The normalized spacial score (nSPS) is 21.6. The van der Waals surface area contributed by atoms with Crippen LogP contribution in [0.15, 0.2) is 71.8 Å². The summed E-state index contributed by atoms with van der Waals surface area (Å²) >= 11 is 0. The fraction of sp³-hybridized carbons (Fsp3) is 0.370. The van der Waals surface area contributed by atoms with Crippen LogP contribution in [-0.4, -0.2) is 48.9 Å². The summed E-state index contributed by atoms with van der Waals surface area (Å²) in [5.74, 6) is -1.52. The molecule has 0 bridgehead atoms. The van der Waals surface area contributed by atoms with Crippen LogP contribution < -0.4 is 0 Å². The number of esters is 2. The van der Waals surface area contributed by atoms with Crippen LogP contribution in [0.25, 0.3) is 0 Å². The molecule has 2 atom stereocenters. The smallest absolute Gasteiger partial charge is 0.336 e. The highest BCUT2D eigenvalue weighted by atomic mass is 16.5. The van der Waals surface area contributed by atoms with E-state index >= 15 is 0 Å². The van der Waals surface area contributed by atoms with Gasteiger partial charge in [0.25, 0.3) is 0 Å². The summed E-state index contributed by atoms with van der Waals surface area (Å²) in [4.78, 5) is 42.3. The van der Waals surface area contributed by atoms with Crippen molar-refractivity contribution in [1.29, 1.82) is 0 Å². The number of ether oxygens (including phenoxy) is 2. The summed E-state index contributed by atoms with van der Waals surface area (Å²) in [7, 11) is 2.57. The molecule has 2 aliphatic rings. The van der Waals surface area contributed by atoms with Crippen LogP contribution in [0.3, 0.4) is 0 Å². The molecule has 6 heteroatoms. The molecule has 2 aromatic carbocycles. The van der Waals surface area contributed by atoms with Crippen LogP contribution in [0.4, 0.5) is 0 Å². The number of carbonyl (C=O) groups is 3. The highest BCUT2D eigenvalue weighted by Gasteiger charge is 2.52. The Labute approximate surface area is 194 Å². The van der Waals surface area contributed by atoms with Crippen molar-refractivity contribution in [3.05, 3.63) is 82.9 Å². The Bertz CT molecular complexity index is 1040. The van der Waals surface area contributed by atoms with E-state index in [1.54, 1.807) is 24.3 Å². The zero-order valence-electron chi connectivity index (χ0n) is 19.0. The predicted octanol–water partition coefficient (Wildman–Crippen LogP) is 4.27. The number of hydrogen-bond donors (Lipinski definition) is 0. The SMILES string of the molecule is COC(=O)C1=C(C(=O)OC)[C@H](c2ccccc2)N(C2CCCCC2)[C@@H]1C(=O)c1ccccc1. The van der Waals surface area contributed by atoms with Gasteiger partial charge in [-0.2, -0.15) is 0 Å². The number of Topliss-reactive ketones (excluding diaryl/α,β-unsaturated/α-hetero) is 1. The van der Waals surface area contributed by atoms with E-state index in [0.29, 0.717) is 5.56 Å². The van der Waals surface area contributed by atoms with Gasteiger partial charge in [-0.25, -0.2) is 9.59 Å². The number of ketones is 1. The molecule has 0 radical (unpaired) electrons. The number of hydrogen-bond acceptors (Lipinski definition) is 6. The molecule has 0 aromatic heterocycles. The lowest BCUT2D eigenvalue weighted by Gasteiger charge is -2.40. The highest BCUT2D eigenvalue weighted by molar-refractivity contribution is 6.13. The molecule has 172 valence electrons.